The Morgan fingerprint density at radius 2 is 1.48 bits per heavy atom. The van der Waals surface area contributed by atoms with Crippen molar-refractivity contribution in [3.05, 3.63) is 18.3 Å². The van der Waals surface area contributed by atoms with E-state index < -0.39 is 18.4 Å². The molecule has 0 aromatic carbocycles. The molecule has 1 rings (SSSR count). The molecule has 1 heterocycles. The Labute approximate surface area is 135 Å². The standard InChI is InChI=1S/C6H6NO.3C4H9.Sn/c1-8-6-2-4-7-5-3-6;3*1-3-4-2;/h2-4H,1H3;3*1,3-4H2,2H3;. The number of rotatable bonds is 11. The summed E-state index contributed by atoms with van der Waals surface area (Å²) < 4.78 is 11.3. The molecule has 0 aliphatic rings. The van der Waals surface area contributed by atoms with E-state index in [9.17, 15) is 0 Å². The van der Waals surface area contributed by atoms with Crippen LogP contribution in [0.4, 0.5) is 0 Å². The van der Waals surface area contributed by atoms with Gasteiger partial charge in [-0.05, 0) is 0 Å². The van der Waals surface area contributed by atoms with Gasteiger partial charge in [0.1, 0.15) is 0 Å². The average Bonchev–Trinajstić information content (AvgIpc) is 2.54. The van der Waals surface area contributed by atoms with Crippen molar-refractivity contribution in [2.24, 2.45) is 0 Å². The fraction of sp³-hybridized carbons (Fsp3) is 0.722. The van der Waals surface area contributed by atoms with E-state index >= 15 is 0 Å². The molecule has 120 valence electrons. The number of nitrogens with zero attached hydrogens (tertiary/aromatic N) is 1. The molecule has 0 spiro atoms. The molecular formula is C18H33NOSn. The Morgan fingerprint density at radius 3 is 1.90 bits per heavy atom. The fourth-order valence-electron chi connectivity index (χ4n) is 3.13. The van der Waals surface area contributed by atoms with Crippen molar-refractivity contribution in [3.8, 4) is 5.75 Å². The van der Waals surface area contributed by atoms with E-state index in [1.54, 1.807) is 7.11 Å². The van der Waals surface area contributed by atoms with E-state index in [1.165, 1.54) is 55.5 Å². The molecule has 3 heteroatoms. The molecule has 0 fully saturated rings. The SMILES string of the molecule is CCC[CH2][Sn]([CH2]CCC)([CH2]CCC)[c]1cc(OC)ccn1. The molecule has 0 unspecified atom stereocenters. The first-order valence-electron chi connectivity index (χ1n) is 8.73. The van der Waals surface area contributed by atoms with E-state index in [1.807, 2.05) is 12.3 Å². The van der Waals surface area contributed by atoms with Gasteiger partial charge in [0, 0.05) is 0 Å². The van der Waals surface area contributed by atoms with Gasteiger partial charge >= 0.3 is 136 Å². The first-order valence-corrected chi connectivity index (χ1v) is 16.2. The van der Waals surface area contributed by atoms with E-state index in [4.69, 9.17) is 9.72 Å². The van der Waals surface area contributed by atoms with Crippen LogP contribution < -0.4 is 8.45 Å². The van der Waals surface area contributed by atoms with Crippen LogP contribution in [0.2, 0.25) is 13.3 Å². The molecule has 0 atom stereocenters. The second-order valence-electron chi connectivity index (χ2n) is 6.17. The Hall–Kier alpha value is -0.251. The van der Waals surface area contributed by atoms with Crippen molar-refractivity contribution < 1.29 is 4.74 Å². The molecule has 0 bridgehead atoms. The van der Waals surface area contributed by atoms with Crippen LogP contribution in [-0.4, -0.2) is 30.5 Å². The van der Waals surface area contributed by atoms with Crippen LogP contribution in [0, 0.1) is 0 Å². The predicted octanol–water partition coefficient (Wildman–Crippen LogP) is 5.15. The zero-order valence-electron chi connectivity index (χ0n) is 14.5. The third kappa shape index (κ3) is 5.80. The zero-order chi connectivity index (χ0) is 15.6. The average molecular weight is 398 g/mol. The van der Waals surface area contributed by atoms with Gasteiger partial charge in [-0.1, -0.05) is 0 Å². The molecule has 0 aliphatic carbocycles. The summed E-state index contributed by atoms with van der Waals surface area (Å²) in [7, 11) is 1.76. The number of hydrogen-bond acceptors (Lipinski definition) is 2. The van der Waals surface area contributed by atoms with Gasteiger partial charge in [-0.2, -0.15) is 0 Å². The van der Waals surface area contributed by atoms with Gasteiger partial charge in [0.25, 0.3) is 0 Å². The minimum atomic E-state index is -2.35. The molecule has 0 saturated carbocycles. The van der Waals surface area contributed by atoms with Crippen LogP contribution in [0.25, 0.3) is 0 Å². The van der Waals surface area contributed by atoms with Crippen LogP contribution in [-0.2, 0) is 0 Å². The van der Waals surface area contributed by atoms with Gasteiger partial charge in [0.05, 0.1) is 0 Å². The van der Waals surface area contributed by atoms with E-state index in [0.717, 1.165) is 5.75 Å². The van der Waals surface area contributed by atoms with Crippen LogP contribution >= 0.6 is 0 Å². The van der Waals surface area contributed by atoms with Crippen molar-refractivity contribution in [3.63, 3.8) is 0 Å². The molecule has 0 amide bonds. The number of aromatic nitrogens is 1. The van der Waals surface area contributed by atoms with Gasteiger partial charge in [-0.3, -0.25) is 0 Å². The fourth-order valence-corrected chi connectivity index (χ4v) is 18.6. The van der Waals surface area contributed by atoms with Gasteiger partial charge in [0.2, 0.25) is 0 Å². The van der Waals surface area contributed by atoms with Crippen molar-refractivity contribution in [2.75, 3.05) is 7.11 Å². The third-order valence-corrected chi connectivity index (χ3v) is 19.6. The minimum absolute atomic E-state index is 0.991. The Kier molecular flexibility index (Phi) is 9.37. The molecule has 21 heavy (non-hydrogen) atoms. The second kappa shape index (κ2) is 10.5. The van der Waals surface area contributed by atoms with Crippen molar-refractivity contribution in [2.45, 2.75) is 72.6 Å². The molecule has 0 radical (unpaired) electrons. The van der Waals surface area contributed by atoms with Gasteiger partial charge in [-0.15, -0.1) is 0 Å². The maximum atomic E-state index is 5.46. The normalized spacial score (nSPS) is 11.6. The number of unbranched alkanes of at least 4 members (excludes halogenated alkanes) is 3. The number of hydrogen-bond donors (Lipinski definition) is 0. The van der Waals surface area contributed by atoms with E-state index in [0.29, 0.717) is 0 Å². The summed E-state index contributed by atoms with van der Waals surface area (Å²) >= 11 is -2.35. The number of methoxy groups -OCH3 is 1. The van der Waals surface area contributed by atoms with Crippen molar-refractivity contribution >= 4 is 22.1 Å². The molecule has 1 aromatic rings. The van der Waals surface area contributed by atoms with E-state index in [2.05, 4.69) is 26.8 Å². The molecule has 0 saturated heterocycles. The van der Waals surface area contributed by atoms with E-state index in [-0.39, 0.29) is 0 Å². The van der Waals surface area contributed by atoms with Crippen LogP contribution in [0.15, 0.2) is 18.3 Å². The molecule has 0 N–H and O–H groups in total. The summed E-state index contributed by atoms with van der Waals surface area (Å²) in [5, 5.41) is 0. The molecule has 0 aliphatic heterocycles. The molecule has 2 nitrogen and oxygen atoms in total. The summed E-state index contributed by atoms with van der Waals surface area (Å²) in [4.78, 5) is 4.83. The van der Waals surface area contributed by atoms with Gasteiger partial charge in [-0.25, -0.2) is 0 Å². The molecule has 1 aromatic heterocycles. The topological polar surface area (TPSA) is 22.1 Å². The van der Waals surface area contributed by atoms with Gasteiger partial charge in [0.15, 0.2) is 0 Å². The quantitative estimate of drug-likeness (QED) is 0.482. The third-order valence-electron chi connectivity index (χ3n) is 4.54. The summed E-state index contributed by atoms with van der Waals surface area (Å²) in [6, 6.07) is 4.25. The summed E-state index contributed by atoms with van der Waals surface area (Å²) in [6.07, 6.45) is 10.0. The predicted molar refractivity (Wildman–Crippen MR) is 95.3 cm³/mol. The summed E-state index contributed by atoms with van der Waals surface area (Å²) in [6.45, 7) is 6.94. The molecular weight excluding hydrogens is 365 g/mol. The Balaban J connectivity index is 3.09. The van der Waals surface area contributed by atoms with Crippen LogP contribution in [0.3, 0.4) is 0 Å². The monoisotopic (exact) mass is 399 g/mol. The first kappa shape index (κ1) is 18.8. The Bertz CT molecular complexity index is 373. The second-order valence-corrected chi connectivity index (χ2v) is 19.2. The van der Waals surface area contributed by atoms with Gasteiger partial charge < -0.3 is 0 Å². The zero-order valence-corrected chi connectivity index (χ0v) is 17.3. The maximum absolute atomic E-state index is 5.46. The van der Waals surface area contributed by atoms with Crippen LogP contribution in [0.1, 0.15) is 59.3 Å². The first-order chi connectivity index (χ1) is 10.2. The van der Waals surface area contributed by atoms with Crippen molar-refractivity contribution in [1.29, 1.82) is 0 Å². The van der Waals surface area contributed by atoms with Crippen LogP contribution in [0.5, 0.6) is 5.75 Å². The summed E-state index contributed by atoms with van der Waals surface area (Å²) in [5.41, 5.74) is 0. The Morgan fingerprint density at radius 1 is 0.952 bits per heavy atom. The number of ether oxygens (including phenoxy) is 1. The van der Waals surface area contributed by atoms with Crippen molar-refractivity contribution in [1.82, 2.24) is 4.98 Å². The number of pyridine rings is 1. The summed E-state index contributed by atoms with van der Waals surface area (Å²) in [5.74, 6) is 0.991.